The van der Waals surface area contributed by atoms with Crippen molar-refractivity contribution in [2.75, 3.05) is 18.4 Å². The molecule has 0 aromatic heterocycles. The fourth-order valence-corrected chi connectivity index (χ4v) is 2.33. The van der Waals surface area contributed by atoms with Crippen LogP contribution in [-0.2, 0) is 6.54 Å². The zero-order valence-corrected chi connectivity index (χ0v) is 11.8. The van der Waals surface area contributed by atoms with Crippen molar-refractivity contribution in [3.63, 3.8) is 0 Å². The molecule has 0 atom stereocenters. The Bertz CT molecular complexity index is 321. The SMILES string of the molecule is FC(F)CN(CCBr)Cc1ccccc1Br. The maximum atomic E-state index is 12.3. The minimum Gasteiger partial charge on any atom is -0.293 e. The molecule has 0 aliphatic carbocycles. The molecule has 0 aliphatic rings. The van der Waals surface area contributed by atoms with Gasteiger partial charge in [0.25, 0.3) is 6.43 Å². The van der Waals surface area contributed by atoms with Gasteiger partial charge < -0.3 is 0 Å². The lowest BCUT2D eigenvalue weighted by atomic mass is 10.2. The maximum absolute atomic E-state index is 12.3. The summed E-state index contributed by atoms with van der Waals surface area (Å²) in [5.41, 5.74) is 1.03. The second-order valence-corrected chi connectivity index (χ2v) is 5.05. The second kappa shape index (κ2) is 7.35. The molecule has 1 nitrogen and oxygen atoms in total. The standard InChI is InChI=1S/C11H13Br2F2N/c12-5-6-16(8-11(14)15)7-9-3-1-2-4-10(9)13/h1-4,11H,5-8H2. The molecule has 0 radical (unpaired) electrons. The summed E-state index contributed by atoms with van der Waals surface area (Å²) in [6.07, 6.45) is -2.29. The van der Waals surface area contributed by atoms with Gasteiger partial charge in [-0.2, -0.15) is 0 Å². The molecule has 0 bridgehead atoms. The van der Waals surface area contributed by atoms with Crippen LogP contribution < -0.4 is 0 Å². The van der Waals surface area contributed by atoms with Crippen LogP contribution in [0.15, 0.2) is 28.7 Å². The number of alkyl halides is 3. The molecule has 0 saturated carbocycles. The van der Waals surface area contributed by atoms with E-state index in [1.807, 2.05) is 24.3 Å². The van der Waals surface area contributed by atoms with Gasteiger partial charge in [0.1, 0.15) is 0 Å². The lowest BCUT2D eigenvalue weighted by Crippen LogP contribution is -2.30. The molecular weight excluding hydrogens is 344 g/mol. The zero-order chi connectivity index (χ0) is 12.0. The van der Waals surface area contributed by atoms with E-state index in [0.717, 1.165) is 10.0 Å². The monoisotopic (exact) mass is 355 g/mol. The van der Waals surface area contributed by atoms with Crippen LogP contribution >= 0.6 is 31.9 Å². The van der Waals surface area contributed by atoms with Crippen LogP contribution in [0.5, 0.6) is 0 Å². The Morgan fingerprint density at radius 1 is 1.25 bits per heavy atom. The molecule has 0 spiro atoms. The average Bonchev–Trinajstić information content (AvgIpc) is 2.21. The van der Waals surface area contributed by atoms with Gasteiger partial charge in [0.2, 0.25) is 0 Å². The molecule has 0 fully saturated rings. The quantitative estimate of drug-likeness (QED) is 0.698. The van der Waals surface area contributed by atoms with Crippen molar-refractivity contribution in [3.8, 4) is 0 Å². The molecule has 0 saturated heterocycles. The highest BCUT2D eigenvalue weighted by atomic mass is 79.9. The van der Waals surface area contributed by atoms with E-state index in [2.05, 4.69) is 31.9 Å². The lowest BCUT2D eigenvalue weighted by molar-refractivity contribution is 0.0880. The van der Waals surface area contributed by atoms with Crippen molar-refractivity contribution in [1.82, 2.24) is 4.90 Å². The highest BCUT2D eigenvalue weighted by Crippen LogP contribution is 2.18. The zero-order valence-electron chi connectivity index (χ0n) is 8.67. The van der Waals surface area contributed by atoms with Crippen molar-refractivity contribution >= 4 is 31.9 Å². The van der Waals surface area contributed by atoms with E-state index in [-0.39, 0.29) is 6.54 Å². The van der Waals surface area contributed by atoms with Crippen LogP contribution in [0.1, 0.15) is 5.56 Å². The average molecular weight is 357 g/mol. The van der Waals surface area contributed by atoms with Gasteiger partial charge in [-0.05, 0) is 11.6 Å². The third-order valence-corrected chi connectivity index (χ3v) is 3.28. The minimum atomic E-state index is -2.29. The van der Waals surface area contributed by atoms with Gasteiger partial charge in [-0.1, -0.05) is 50.1 Å². The molecule has 90 valence electrons. The highest BCUT2D eigenvalue weighted by Gasteiger charge is 2.12. The summed E-state index contributed by atoms with van der Waals surface area (Å²) in [5.74, 6) is 0. The van der Waals surface area contributed by atoms with E-state index in [4.69, 9.17) is 0 Å². The molecule has 1 aromatic rings. The van der Waals surface area contributed by atoms with Crippen molar-refractivity contribution < 1.29 is 8.78 Å². The number of nitrogens with zero attached hydrogens (tertiary/aromatic N) is 1. The smallest absolute Gasteiger partial charge is 0.251 e. The lowest BCUT2D eigenvalue weighted by Gasteiger charge is -2.21. The topological polar surface area (TPSA) is 3.24 Å². The number of hydrogen-bond acceptors (Lipinski definition) is 1. The molecule has 0 heterocycles. The number of halogens is 4. The molecule has 0 unspecified atom stereocenters. The van der Waals surface area contributed by atoms with Gasteiger partial charge in [0.15, 0.2) is 0 Å². The Morgan fingerprint density at radius 2 is 1.94 bits per heavy atom. The summed E-state index contributed by atoms with van der Waals surface area (Å²) in [5, 5.41) is 0.699. The van der Waals surface area contributed by atoms with E-state index in [0.29, 0.717) is 18.4 Å². The van der Waals surface area contributed by atoms with Crippen LogP contribution in [0.4, 0.5) is 8.78 Å². The largest absolute Gasteiger partial charge is 0.293 e. The van der Waals surface area contributed by atoms with Gasteiger partial charge in [0, 0.05) is 22.9 Å². The van der Waals surface area contributed by atoms with Crippen LogP contribution in [-0.4, -0.2) is 29.7 Å². The summed E-state index contributed by atoms with van der Waals surface area (Å²) in [6.45, 7) is 0.968. The summed E-state index contributed by atoms with van der Waals surface area (Å²) in [6, 6.07) is 7.69. The van der Waals surface area contributed by atoms with Crippen LogP contribution in [0.2, 0.25) is 0 Å². The predicted molar refractivity (Wildman–Crippen MR) is 69.2 cm³/mol. The Hall–Kier alpha value is -0.000000000000000111. The molecule has 0 aliphatic heterocycles. The summed E-state index contributed by atoms with van der Waals surface area (Å²) in [7, 11) is 0. The first-order valence-electron chi connectivity index (χ1n) is 4.93. The second-order valence-electron chi connectivity index (χ2n) is 3.41. The molecule has 0 N–H and O–H groups in total. The van der Waals surface area contributed by atoms with Crippen LogP contribution in [0, 0.1) is 0 Å². The summed E-state index contributed by atoms with van der Waals surface area (Å²) < 4.78 is 25.6. The van der Waals surface area contributed by atoms with E-state index in [9.17, 15) is 8.78 Å². The molecule has 1 rings (SSSR count). The molecular formula is C11H13Br2F2N. The first kappa shape index (κ1) is 14.1. The minimum absolute atomic E-state index is 0.188. The first-order chi connectivity index (χ1) is 7.63. The fraction of sp³-hybridized carbons (Fsp3) is 0.455. The summed E-state index contributed by atoms with van der Waals surface area (Å²) >= 11 is 6.69. The normalized spacial score (nSPS) is 11.4. The number of hydrogen-bond donors (Lipinski definition) is 0. The number of benzene rings is 1. The van der Waals surface area contributed by atoms with E-state index in [1.54, 1.807) is 4.90 Å². The van der Waals surface area contributed by atoms with Gasteiger partial charge in [0.05, 0.1) is 6.54 Å². The third-order valence-electron chi connectivity index (χ3n) is 2.15. The van der Waals surface area contributed by atoms with Crippen molar-refractivity contribution in [3.05, 3.63) is 34.3 Å². The Balaban J connectivity index is 2.64. The Morgan fingerprint density at radius 3 is 2.50 bits per heavy atom. The first-order valence-corrected chi connectivity index (χ1v) is 6.84. The van der Waals surface area contributed by atoms with Crippen molar-refractivity contribution in [2.24, 2.45) is 0 Å². The Kier molecular flexibility index (Phi) is 6.46. The Labute approximate surface area is 111 Å². The molecule has 5 heteroatoms. The van der Waals surface area contributed by atoms with Crippen molar-refractivity contribution in [1.29, 1.82) is 0 Å². The molecule has 0 amide bonds. The maximum Gasteiger partial charge on any atom is 0.251 e. The van der Waals surface area contributed by atoms with Gasteiger partial charge in [-0.15, -0.1) is 0 Å². The molecule has 16 heavy (non-hydrogen) atoms. The summed E-state index contributed by atoms with van der Waals surface area (Å²) in [4.78, 5) is 1.74. The van der Waals surface area contributed by atoms with Crippen molar-refractivity contribution in [2.45, 2.75) is 13.0 Å². The van der Waals surface area contributed by atoms with Gasteiger partial charge in [-0.3, -0.25) is 4.90 Å². The predicted octanol–water partition coefficient (Wildman–Crippen LogP) is 3.91. The van der Waals surface area contributed by atoms with Gasteiger partial charge in [-0.25, -0.2) is 8.78 Å². The van der Waals surface area contributed by atoms with E-state index < -0.39 is 6.43 Å². The third kappa shape index (κ3) is 4.89. The fourth-order valence-electron chi connectivity index (χ4n) is 1.42. The molecule has 1 aromatic carbocycles. The number of rotatable bonds is 6. The van der Waals surface area contributed by atoms with E-state index in [1.165, 1.54) is 0 Å². The van der Waals surface area contributed by atoms with Gasteiger partial charge >= 0.3 is 0 Å². The van der Waals surface area contributed by atoms with Crippen LogP contribution in [0.3, 0.4) is 0 Å². The van der Waals surface area contributed by atoms with E-state index >= 15 is 0 Å². The highest BCUT2D eigenvalue weighted by molar-refractivity contribution is 9.10. The van der Waals surface area contributed by atoms with Crippen LogP contribution in [0.25, 0.3) is 0 Å².